The summed E-state index contributed by atoms with van der Waals surface area (Å²) in [7, 11) is 1.43. The Morgan fingerprint density at radius 2 is 1.74 bits per heavy atom. The van der Waals surface area contributed by atoms with E-state index < -0.39 is 35.1 Å². The van der Waals surface area contributed by atoms with Gasteiger partial charge in [0.2, 0.25) is 5.78 Å². The third-order valence-electron chi connectivity index (χ3n) is 6.74. The molecule has 6 nitrogen and oxygen atoms in total. The Balaban J connectivity index is 1.57. The van der Waals surface area contributed by atoms with Gasteiger partial charge in [0.25, 0.3) is 5.91 Å². The van der Waals surface area contributed by atoms with Crippen LogP contribution in [0, 0.1) is 11.6 Å². The molecule has 1 aromatic heterocycles. The van der Waals surface area contributed by atoms with Crippen molar-refractivity contribution in [1.29, 1.82) is 0 Å². The first kappa shape index (κ1) is 24.6. The Morgan fingerprint density at radius 1 is 0.974 bits per heavy atom. The van der Waals surface area contributed by atoms with Gasteiger partial charge in [-0.05, 0) is 40.6 Å². The molecule has 1 unspecified atom stereocenters. The molecule has 4 aromatic carbocycles. The zero-order valence-electron chi connectivity index (χ0n) is 20.2. The van der Waals surface area contributed by atoms with Crippen LogP contribution >= 0.6 is 11.6 Å². The Morgan fingerprint density at radius 3 is 2.51 bits per heavy atom. The van der Waals surface area contributed by atoms with Crippen molar-refractivity contribution in [2.24, 2.45) is 0 Å². The lowest BCUT2D eigenvalue weighted by Crippen LogP contribution is -2.31. The first-order chi connectivity index (χ1) is 18.8. The fourth-order valence-electron chi connectivity index (χ4n) is 5.00. The largest absolute Gasteiger partial charge is 0.503 e. The summed E-state index contributed by atoms with van der Waals surface area (Å²) >= 11 is 6.17. The predicted molar refractivity (Wildman–Crippen MR) is 142 cm³/mol. The van der Waals surface area contributed by atoms with Crippen LogP contribution in [0.3, 0.4) is 0 Å². The molecule has 1 amide bonds. The molecule has 5 aromatic rings. The molecular formula is C30H18ClF2NO5. The monoisotopic (exact) mass is 545 g/mol. The number of rotatable bonds is 5. The molecular weight excluding hydrogens is 528 g/mol. The van der Waals surface area contributed by atoms with E-state index >= 15 is 0 Å². The Labute approximate surface area is 225 Å². The Bertz CT molecular complexity index is 1860. The van der Waals surface area contributed by atoms with Gasteiger partial charge in [-0.15, -0.1) is 0 Å². The second-order valence-corrected chi connectivity index (χ2v) is 9.41. The molecule has 6 rings (SSSR count). The molecule has 1 aliphatic heterocycles. The zero-order valence-corrected chi connectivity index (χ0v) is 21.0. The average Bonchev–Trinajstić information content (AvgIpc) is 3.47. The number of fused-ring (bicyclic) bond motifs is 2. The van der Waals surface area contributed by atoms with Crippen molar-refractivity contribution in [3.63, 3.8) is 0 Å². The standard InChI is InChI=1S/C30H18ClF2NO5/c1-38-24-13-17(31)11-16-12-23(39-29(16)24)27(35)25-26(20-8-4-6-15-5-2-3-7-19(15)20)34(30(37)28(25)36)18-9-10-21(32)22(33)14-18/h2-14,26,36H,1H3. The molecule has 0 fully saturated rings. The van der Waals surface area contributed by atoms with Crippen molar-refractivity contribution in [1.82, 2.24) is 0 Å². The number of carbonyl (C=O) groups is 2. The van der Waals surface area contributed by atoms with Crippen LogP contribution in [0.25, 0.3) is 21.7 Å². The second kappa shape index (κ2) is 9.25. The number of furan rings is 1. The molecule has 1 aliphatic rings. The number of anilines is 1. The Kier molecular flexibility index (Phi) is 5.84. The summed E-state index contributed by atoms with van der Waals surface area (Å²) in [5, 5.41) is 13.4. The summed E-state index contributed by atoms with van der Waals surface area (Å²) in [6.45, 7) is 0. The number of hydrogen-bond acceptors (Lipinski definition) is 5. The van der Waals surface area contributed by atoms with Gasteiger partial charge in [0, 0.05) is 28.2 Å². The third-order valence-corrected chi connectivity index (χ3v) is 6.96. The number of benzene rings is 4. The molecule has 0 bridgehead atoms. The fraction of sp³-hybridized carbons (Fsp3) is 0.0667. The van der Waals surface area contributed by atoms with E-state index in [1.807, 2.05) is 24.3 Å². The number of aliphatic hydroxyl groups excluding tert-OH is 1. The van der Waals surface area contributed by atoms with E-state index in [4.69, 9.17) is 20.8 Å². The number of halogens is 3. The summed E-state index contributed by atoms with van der Waals surface area (Å²) in [6.07, 6.45) is 0. The van der Waals surface area contributed by atoms with Crippen molar-refractivity contribution < 1.29 is 32.6 Å². The second-order valence-electron chi connectivity index (χ2n) is 8.97. The van der Waals surface area contributed by atoms with Crippen LogP contribution in [0.1, 0.15) is 22.2 Å². The van der Waals surface area contributed by atoms with Gasteiger partial charge in [-0.3, -0.25) is 14.5 Å². The number of carbonyl (C=O) groups excluding carboxylic acids is 2. The highest BCUT2D eigenvalue weighted by molar-refractivity contribution is 6.31. The van der Waals surface area contributed by atoms with Crippen LogP contribution in [0.5, 0.6) is 5.75 Å². The summed E-state index contributed by atoms with van der Waals surface area (Å²) in [5.74, 6) is -4.69. The van der Waals surface area contributed by atoms with Gasteiger partial charge >= 0.3 is 0 Å². The summed E-state index contributed by atoms with van der Waals surface area (Å²) in [4.78, 5) is 28.5. The van der Waals surface area contributed by atoms with Crippen LogP contribution in [0.4, 0.5) is 14.5 Å². The maximum Gasteiger partial charge on any atom is 0.294 e. The van der Waals surface area contributed by atoms with Crippen molar-refractivity contribution >= 4 is 50.7 Å². The predicted octanol–water partition coefficient (Wildman–Crippen LogP) is 7.31. The molecule has 0 saturated carbocycles. The van der Waals surface area contributed by atoms with Crippen LogP contribution in [-0.2, 0) is 4.79 Å². The zero-order chi connectivity index (χ0) is 27.4. The van der Waals surface area contributed by atoms with Gasteiger partial charge in [-0.1, -0.05) is 54.1 Å². The number of hydrogen-bond donors (Lipinski definition) is 1. The van der Waals surface area contributed by atoms with Crippen LogP contribution < -0.4 is 9.64 Å². The smallest absolute Gasteiger partial charge is 0.294 e. The van der Waals surface area contributed by atoms with Gasteiger partial charge in [-0.25, -0.2) is 8.78 Å². The van der Waals surface area contributed by atoms with Crippen LogP contribution in [-0.4, -0.2) is 23.9 Å². The number of aliphatic hydroxyl groups is 1. The van der Waals surface area contributed by atoms with E-state index in [0.717, 1.165) is 22.4 Å². The number of nitrogens with zero attached hydrogens (tertiary/aromatic N) is 1. The SMILES string of the molecule is COc1cc(Cl)cc2cc(C(=O)C3=C(O)C(=O)N(c4ccc(F)c(F)c4)C3c3cccc4ccccc34)oc12. The van der Waals surface area contributed by atoms with Gasteiger partial charge in [0.15, 0.2) is 34.5 Å². The Hall–Kier alpha value is -4.69. The van der Waals surface area contributed by atoms with Gasteiger partial charge < -0.3 is 14.3 Å². The van der Waals surface area contributed by atoms with Gasteiger partial charge in [-0.2, -0.15) is 0 Å². The molecule has 0 aliphatic carbocycles. The topological polar surface area (TPSA) is 80.0 Å². The van der Waals surface area contributed by atoms with Crippen molar-refractivity contribution in [2.45, 2.75) is 6.04 Å². The maximum absolute atomic E-state index is 14.3. The van der Waals surface area contributed by atoms with E-state index in [2.05, 4.69) is 0 Å². The molecule has 39 heavy (non-hydrogen) atoms. The average molecular weight is 546 g/mol. The molecule has 1 N–H and O–H groups in total. The molecule has 1 atom stereocenters. The number of ether oxygens (including phenoxy) is 1. The highest BCUT2D eigenvalue weighted by atomic mass is 35.5. The van der Waals surface area contributed by atoms with E-state index in [1.165, 1.54) is 25.3 Å². The molecule has 9 heteroatoms. The minimum absolute atomic E-state index is 0.0377. The lowest BCUT2D eigenvalue weighted by atomic mass is 9.91. The first-order valence-electron chi connectivity index (χ1n) is 11.8. The van der Waals surface area contributed by atoms with Crippen molar-refractivity contribution in [2.75, 3.05) is 12.0 Å². The molecule has 2 heterocycles. The van der Waals surface area contributed by atoms with Crippen molar-refractivity contribution in [3.05, 3.63) is 118 Å². The first-order valence-corrected chi connectivity index (χ1v) is 12.2. The van der Waals surface area contributed by atoms with Crippen molar-refractivity contribution in [3.8, 4) is 5.75 Å². The fourth-order valence-corrected chi connectivity index (χ4v) is 5.22. The number of Topliss-reactive ketones (excluding diaryl/α,β-unsaturated/α-hetero) is 1. The van der Waals surface area contributed by atoms with E-state index in [1.54, 1.807) is 24.3 Å². The summed E-state index contributed by atoms with van der Waals surface area (Å²) < 4.78 is 39.2. The van der Waals surface area contributed by atoms with E-state index in [9.17, 15) is 23.5 Å². The van der Waals surface area contributed by atoms with E-state index in [-0.39, 0.29) is 22.6 Å². The van der Waals surface area contributed by atoms with Gasteiger partial charge in [0.05, 0.1) is 18.7 Å². The minimum atomic E-state index is -1.18. The number of amides is 1. The lowest BCUT2D eigenvalue weighted by Gasteiger charge is -2.27. The number of methoxy groups -OCH3 is 1. The molecule has 0 saturated heterocycles. The van der Waals surface area contributed by atoms with E-state index in [0.29, 0.717) is 27.1 Å². The quantitative estimate of drug-likeness (QED) is 0.234. The maximum atomic E-state index is 14.3. The summed E-state index contributed by atoms with van der Waals surface area (Å²) in [5.41, 5.74) is 0.443. The highest BCUT2D eigenvalue weighted by Gasteiger charge is 2.46. The number of ketones is 1. The molecule has 0 radical (unpaired) electrons. The summed E-state index contributed by atoms with van der Waals surface area (Å²) in [6, 6.07) is 18.9. The minimum Gasteiger partial charge on any atom is -0.503 e. The van der Waals surface area contributed by atoms with Crippen LogP contribution in [0.2, 0.25) is 5.02 Å². The highest BCUT2D eigenvalue weighted by Crippen LogP contribution is 2.45. The third kappa shape index (κ3) is 3.92. The van der Waals surface area contributed by atoms with Crippen LogP contribution in [0.15, 0.2) is 94.6 Å². The van der Waals surface area contributed by atoms with Gasteiger partial charge in [0.1, 0.15) is 0 Å². The molecule has 0 spiro atoms. The lowest BCUT2D eigenvalue weighted by molar-refractivity contribution is -0.117. The normalized spacial score (nSPS) is 15.5. The molecule has 194 valence electrons.